The van der Waals surface area contributed by atoms with Crippen LogP contribution in [0.5, 0.6) is 0 Å². The van der Waals surface area contributed by atoms with Gasteiger partial charge in [-0.15, -0.1) is 11.8 Å². The van der Waals surface area contributed by atoms with Crippen molar-refractivity contribution in [2.45, 2.75) is 35.0 Å². The van der Waals surface area contributed by atoms with Gasteiger partial charge in [0.25, 0.3) is 0 Å². The molecule has 0 aromatic heterocycles. The first-order valence-corrected chi connectivity index (χ1v) is 8.28. The Balaban J connectivity index is 1.69. The summed E-state index contributed by atoms with van der Waals surface area (Å²) in [4.78, 5) is 1.17. The number of nitrogens with two attached hydrogens (primary N) is 1. The van der Waals surface area contributed by atoms with Crippen LogP contribution in [0.1, 0.15) is 19.3 Å². The monoisotopic (exact) mass is 343 g/mol. The molecule has 0 bridgehead atoms. The van der Waals surface area contributed by atoms with Crippen molar-refractivity contribution in [3.63, 3.8) is 0 Å². The van der Waals surface area contributed by atoms with Gasteiger partial charge in [-0.3, -0.25) is 0 Å². The molecule has 2 atom stereocenters. The zero-order chi connectivity index (χ0) is 13.3. The average molecular weight is 344 g/mol. The van der Waals surface area contributed by atoms with Crippen molar-refractivity contribution >= 4 is 33.4 Å². The van der Waals surface area contributed by atoms with Crippen LogP contribution >= 0.6 is 27.7 Å². The lowest BCUT2D eigenvalue weighted by molar-refractivity contribution is -0.0769. The van der Waals surface area contributed by atoms with Gasteiger partial charge in [-0.2, -0.15) is 0 Å². The van der Waals surface area contributed by atoms with Crippen molar-refractivity contribution in [1.82, 2.24) is 0 Å². The lowest BCUT2D eigenvalue weighted by Gasteiger charge is -2.36. The number of hydrogen-bond donors (Lipinski definition) is 1. The summed E-state index contributed by atoms with van der Waals surface area (Å²) in [7, 11) is 0. The van der Waals surface area contributed by atoms with Crippen molar-refractivity contribution in [2.24, 2.45) is 0 Å². The molecule has 5 heteroatoms. The predicted octanol–water partition coefficient (Wildman–Crippen LogP) is 3.46. The van der Waals surface area contributed by atoms with Gasteiger partial charge in [0.1, 0.15) is 0 Å². The van der Waals surface area contributed by atoms with Crippen molar-refractivity contribution < 1.29 is 9.47 Å². The second kappa shape index (κ2) is 5.64. The van der Waals surface area contributed by atoms with Crippen molar-refractivity contribution in [3.8, 4) is 0 Å². The smallest absolute Gasteiger partial charge is 0.0947 e. The van der Waals surface area contributed by atoms with E-state index >= 15 is 0 Å². The summed E-state index contributed by atoms with van der Waals surface area (Å²) in [6, 6.07) is 6.11. The molecule has 19 heavy (non-hydrogen) atoms. The third-order valence-electron chi connectivity index (χ3n) is 3.78. The molecule has 0 saturated carbocycles. The zero-order valence-electron chi connectivity index (χ0n) is 10.7. The Morgan fingerprint density at radius 2 is 2.26 bits per heavy atom. The second-order valence-corrected chi connectivity index (χ2v) is 7.51. The largest absolute Gasteiger partial charge is 0.398 e. The van der Waals surface area contributed by atoms with Gasteiger partial charge in [0, 0.05) is 39.9 Å². The maximum absolute atomic E-state index is 6.08. The molecule has 2 fully saturated rings. The van der Waals surface area contributed by atoms with Gasteiger partial charge in [0.05, 0.1) is 12.2 Å². The molecule has 0 aliphatic carbocycles. The Morgan fingerprint density at radius 1 is 1.37 bits per heavy atom. The molecule has 104 valence electrons. The maximum Gasteiger partial charge on any atom is 0.0947 e. The van der Waals surface area contributed by atoms with Gasteiger partial charge >= 0.3 is 0 Å². The number of thioether (sulfide) groups is 1. The summed E-state index contributed by atoms with van der Waals surface area (Å²) in [5, 5.41) is 0.568. The van der Waals surface area contributed by atoms with Gasteiger partial charge < -0.3 is 15.2 Å². The van der Waals surface area contributed by atoms with Crippen molar-refractivity contribution in [2.75, 3.05) is 25.6 Å². The molecule has 2 N–H and O–H groups in total. The lowest BCUT2D eigenvalue weighted by atomic mass is 9.93. The van der Waals surface area contributed by atoms with Gasteiger partial charge in [-0.25, -0.2) is 0 Å². The highest BCUT2D eigenvalue weighted by Crippen LogP contribution is 2.41. The van der Waals surface area contributed by atoms with Gasteiger partial charge in [0.15, 0.2) is 0 Å². The van der Waals surface area contributed by atoms with E-state index < -0.39 is 0 Å². The SMILES string of the molecule is Nc1cc(Br)ccc1SC1CCOC2(CCOC2)C1. The van der Waals surface area contributed by atoms with E-state index in [-0.39, 0.29) is 5.60 Å². The first-order chi connectivity index (χ1) is 9.17. The van der Waals surface area contributed by atoms with E-state index in [0.717, 1.165) is 49.2 Å². The number of nitrogen functional groups attached to an aromatic ring is 1. The fourth-order valence-electron chi connectivity index (χ4n) is 2.75. The van der Waals surface area contributed by atoms with Crippen LogP contribution in [0.3, 0.4) is 0 Å². The molecule has 3 rings (SSSR count). The van der Waals surface area contributed by atoms with Crippen LogP contribution in [0.15, 0.2) is 27.6 Å². The fraction of sp³-hybridized carbons (Fsp3) is 0.571. The minimum Gasteiger partial charge on any atom is -0.398 e. The highest BCUT2D eigenvalue weighted by atomic mass is 79.9. The van der Waals surface area contributed by atoms with Gasteiger partial charge in [-0.1, -0.05) is 15.9 Å². The Bertz CT molecular complexity index is 463. The number of anilines is 1. The Hall–Kier alpha value is -0.230. The van der Waals surface area contributed by atoms with Gasteiger partial charge in [0.2, 0.25) is 0 Å². The first-order valence-electron chi connectivity index (χ1n) is 6.60. The number of rotatable bonds is 2. The molecule has 2 aliphatic heterocycles. The van der Waals surface area contributed by atoms with E-state index in [1.54, 1.807) is 0 Å². The summed E-state index contributed by atoms with van der Waals surface area (Å²) in [5.41, 5.74) is 6.90. The Labute approximate surface area is 126 Å². The molecular formula is C14H18BrNO2S. The normalized spacial score (nSPS) is 30.9. The minimum absolute atomic E-state index is 0.0277. The van der Waals surface area contributed by atoms with Crippen LogP contribution in [0, 0.1) is 0 Å². The second-order valence-electron chi connectivity index (χ2n) is 5.25. The van der Waals surface area contributed by atoms with E-state index in [2.05, 4.69) is 22.0 Å². The van der Waals surface area contributed by atoms with E-state index in [9.17, 15) is 0 Å². The van der Waals surface area contributed by atoms with Crippen LogP contribution in [0.2, 0.25) is 0 Å². The summed E-state index contributed by atoms with van der Waals surface area (Å²) in [6.45, 7) is 2.41. The Kier molecular flexibility index (Phi) is 4.08. The molecule has 0 radical (unpaired) electrons. The fourth-order valence-corrected chi connectivity index (χ4v) is 4.43. The number of ether oxygens (including phenoxy) is 2. The molecule has 1 aromatic rings. The van der Waals surface area contributed by atoms with Gasteiger partial charge in [-0.05, 0) is 31.0 Å². The third-order valence-corrected chi connectivity index (χ3v) is 5.64. The molecule has 2 heterocycles. The maximum atomic E-state index is 6.08. The highest BCUT2D eigenvalue weighted by molar-refractivity contribution is 9.10. The summed E-state index contributed by atoms with van der Waals surface area (Å²) in [6.07, 6.45) is 3.18. The van der Waals surface area contributed by atoms with E-state index in [4.69, 9.17) is 15.2 Å². The molecule has 2 aliphatic rings. The molecule has 2 saturated heterocycles. The average Bonchev–Trinajstić information content (AvgIpc) is 2.81. The van der Waals surface area contributed by atoms with E-state index in [0.29, 0.717) is 5.25 Å². The van der Waals surface area contributed by atoms with Crippen molar-refractivity contribution in [3.05, 3.63) is 22.7 Å². The van der Waals surface area contributed by atoms with Crippen molar-refractivity contribution in [1.29, 1.82) is 0 Å². The van der Waals surface area contributed by atoms with E-state index in [1.807, 2.05) is 23.9 Å². The van der Waals surface area contributed by atoms with Crippen LogP contribution in [0.25, 0.3) is 0 Å². The standard InChI is InChI=1S/C14H18BrNO2S/c15-10-1-2-13(12(16)7-10)19-11-3-5-18-14(8-11)4-6-17-9-14/h1-2,7,11H,3-6,8-9,16H2. The summed E-state index contributed by atoms with van der Waals surface area (Å²) < 4.78 is 12.5. The lowest BCUT2D eigenvalue weighted by Crippen LogP contribution is -2.41. The number of halogens is 1. The van der Waals surface area contributed by atoms with Crippen LogP contribution in [-0.4, -0.2) is 30.7 Å². The molecule has 2 unspecified atom stereocenters. The van der Waals surface area contributed by atoms with E-state index in [1.165, 1.54) is 4.90 Å². The molecular weight excluding hydrogens is 326 g/mol. The van der Waals surface area contributed by atoms with Crippen LogP contribution in [0.4, 0.5) is 5.69 Å². The highest BCUT2D eigenvalue weighted by Gasteiger charge is 2.41. The summed E-state index contributed by atoms with van der Waals surface area (Å²) in [5.74, 6) is 0. The number of benzene rings is 1. The van der Waals surface area contributed by atoms with Crippen LogP contribution in [-0.2, 0) is 9.47 Å². The Morgan fingerprint density at radius 3 is 3.00 bits per heavy atom. The zero-order valence-corrected chi connectivity index (χ0v) is 13.1. The third kappa shape index (κ3) is 3.10. The number of hydrogen-bond acceptors (Lipinski definition) is 4. The quantitative estimate of drug-likeness (QED) is 0.835. The summed E-state index contributed by atoms with van der Waals surface area (Å²) >= 11 is 5.32. The predicted molar refractivity (Wildman–Crippen MR) is 81.6 cm³/mol. The molecule has 1 aromatic carbocycles. The minimum atomic E-state index is -0.0277. The molecule has 0 amide bonds. The van der Waals surface area contributed by atoms with Crippen LogP contribution < -0.4 is 5.73 Å². The first kappa shape index (κ1) is 13.7. The molecule has 1 spiro atoms. The topological polar surface area (TPSA) is 44.5 Å². The molecule has 3 nitrogen and oxygen atoms in total.